The molecule has 1 fully saturated rings. The van der Waals surface area contributed by atoms with Gasteiger partial charge in [0, 0.05) is 22.8 Å². The number of amides is 1. The minimum absolute atomic E-state index is 0.250. The number of hydrogen-bond acceptors (Lipinski definition) is 6. The van der Waals surface area contributed by atoms with Crippen molar-refractivity contribution in [3.05, 3.63) is 77.2 Å². The number of carbonyl (C=O) groups is 1. The van der Waals surface area contributed by atoms with Gasteiger partial charge in [-0.3, -0.25) is 9.78 Å². The molecule has 4 aromatic rings. The Morgan fingerprint density at radius 3 is 2.80 bits per heavy atom. The van der Waals surface area contributed by atoms with E-state index in [-0.39, 0.29) is 5.91 Å². The Morgan fingerprint density at radius 2 is 2.00 bits per heavy atom. The summed E-state index contributed by atoms with van der Waals surface area (Å²) in [6, 6.07) is 11.8. The van der Waals surface area contributed by atoms with Gasteiger partial charge in [0.2, 0.25) is 0 Å². The SMILES string of the molecule is Cc1ccc(NC(=O)c2cc(C3CC3)cnn2)cc1-c1ccnc(-c2cnsc2)c1. The summed E-state index contributed by atoms with van der Waals surface area (Å²) in [5, 5.41) is 12.9. The second-order valence-electron chi connectivity index (χ2n) is 7.48. The molecular weight excluding hydrogens is 394 g/mol. The van der Waals surface area contributed by atoms with Gasteiger partial charge >= 0.3 is 0 Å². The maximum absolute atomic E-state index is 12.7. The largest absolute Gasteiger partial charge is 0.321 e. The predicted molar refractivity (Wildman–Crippen MR) is 117 cm³/mol. The van der Waals surface area contributed by atoms with Crippen molar-refractivity contribution in [1.82, 2.24) is 19.6 Å². The molecule has 0 saturated heterocycles. The Labute approximate surface area is 178 Å². The van der Waals surface area contributed by atoms with Crippen LogP contribution in [0.2, 0.25) is 0 Å². The number of pyridine rings is 1. The molecule has 0 spiro atoms. The molecule has 5 rings (SSSR count). The lowest BCUT2D eigenvalue weighted by Crippen LogP contribution is -2.14. The van der Waals surface area contributed by atoms with Crippen molar-refractivity contribution in [1.29, 1.82) is 0 Å². The van der Waals surface area contributed by atoms with E-state index < -0.39 is 0 Å². The van der Waals surface area contributed by atoms with Crippen LogP contribution in [-0.4, -0.2) is 25.5 Å². The zero-order chi connectivity index (χ0) is 20.5. The fourth-order valence-corrected chi connectivity index (χ4v) is 3.96. The van der Waals surface area contributed by atoms with E-state index in [1.165, 1.54) is 11.5 Å². The number of benzene rings is 1. The van der Waals surface area contributed by atoms with E-state index in [1.54, 1.807) is 12.4 Å². The number of anilines is 1. The van der Waals surface area contributed by atoms with Crippen molar-refractivity contribution >= 4 is 23.1 Å². The third kappa shape index (κ3) is 3.84. The number of aromatic nitrogens is 4. The third-order valence-corrected chi connectivity index (χ3v) is 5.84. The zero-order valence-electron chi connectivity index (χ0n) is 16.4. The molecule has 0 aliphatic heterocycles. The summed E-state index contributed by atoms with van der Waals surface area (Å²) >= 11 is 1.40. The molecule has 30 heavy (non-hydrogen) atoms. The van der Waals surface area contributed by atoms with Gasteiger partial charge in [-0.05, 0) is 89.8 Å². The number of nitrogens with one attached hydrogen (secondary N) is 1. The maximum atomic E-state index is 12.7. The van der Waals surface area contributed by atoms with Gasteiger partial charge in [-0.15, -0.1) is 5.10 Å². The Kier molecular flexibility index (Phi) is 4.80. The molecule has 7 heteroatoms. The molecule has 1 aliphatic rings. The van der Waals surface area contributed by atoms with Crippen LogP contribution >= 0.6 is 11.5 Å². The summed E-state index contributed by atoms with van der Waals surface area (Å²) in [7, 11) is 0. The number of aryl methyl sites for hydroxylation is 1. The van der Waals surface area contributed by atoms with Crippen LogP contribution in [0.25, 0.3) is 22.4 Å². The zero-order valence-corrected chi connectivity index (χ0v) is 17.2. The lowest BCUT2D eigenvalue weighted by atomic mass is 9.99. The first kappa shape index (κ1) is 18.6. The second kappa shape index (κ2) is 7.76. The molecule has 0 unspecified atom stereocenters. The molecular formula is C23H19N5OS. The predicted octanol–water partition coefficient (Wildman–Crippen LogP) is 5.10. The van der Waals surface area contributed by atoms with E-state index in [1.807, 2.05) is 48.0 Å². The number of nitrogens with zero attached hydrogens (tertiary/aromatic N) is 4. The van der Waals surface area contributed by atoms with Crippen molar-refractivity contribution < 1.29 is 4.79 Å². The lowest BCUT2D eigenvalue weighted by Gasteiger charge is -2.11. The van der Waals surface area contributed by atoms with E-state index >= 15 is 0 Å². The smallest absolute Gasteiger partial charge is 0.276 e. The van der Waals surface area contributed by atoms with Crippen LogP contribution in [-0.2, 0) is 0 Å². The molecule has 1 aromatic carbocycles. The maximum Gasteiger partial charge on any atom is 0.276 e. The topological polar surface area (TPSA) is 80.7 Å². The summed E-state index contributed by atoms with van der Waals surface area (Å²) in [5.41, 5.74) is 7.22. The van der Waals surface area contributed by atoms with Gasteiger partial charge in [-0.2, -0.15) is 5.10 Å². The van der Waals surface area contributed by atoms with Crippen molar-refractivity contribution in [3.63, 3.8) is 0 Å². The first-order valence-corrected chi connectivity index (χ1v) is 10.6. The third-order valence-electron chi connectivity index (χ3n) is 5.25. The van der Waals surface area contributed by atoms with Crippen LogP contribution in [0.3, 0.4) is 0 Å². The van der Waals surface area contributed by atoms with Crippen LogP contribution in [0.1, 0.15) is 40.4 Å². The molecule has 0 radical (unpaired) electrons. The van der Waals surface area contributed by atoms with E-state index in [0.29, 0.717) is 11.6 Å². The van der Waals surface area contributed by atoms with E-state index in [9.17, 15) is 4.79 Å². The van der Waals surface area contributed by atoms with Gasteiger partial charge in [-0.1, -0.05) is 6.07 Å². The van der Waals surface area contributed by atoms with Crippen LogP contribution in [0.5, 0.6) is 0 Å². The molecule has 3 heterocycles. The molecule has 148 valence electrons. The monoisotopic (exact) mass is 413 g/mol. The minimum atomic E-state index is -0.250. The van der Waals surface area contributed by atoms with E-state index in [0.717, 1.165) is 52.0 Å². The fourth-order valence-electron chi connectivity index (χ4n) is 3.43. The molecule has 3 aromatic heterocycles. The number of rotatable bonds is 5. The molecule has 1 aliphatic carbocycles. The highest BCUT2D eigenvalue weighted by molar-refractivity contribution is 7.03. The van der Waals surface area contributed by atoms with Crippen LogP contribution < -0.4 is 5.32 Å². The van der Waals surface area contributed by atoms with Crippen LogP contribution in [0.4, 0.5) is 5.69 Å². The minimum Gasteiger partial charge on any atom is -0.321 e. The van der Waals surface area contributed by atoms with E-state index in [2.05, 4.69) is 31.8 Å². The lowest BCUT2D eigenvalue weighted by molar-refractivity contribution is 0.102. The standard InChI is InChI=1S/C23H19N5OS/c1-14-2-5-19(27-23(29)22-9-17(11-25-28-22)15-3-4-15)10-20(14)16-6-7-24-21(8-16)18-12-26-30-13-18/h2,5-13,15H,3-4H2,1H3,(H,27,29). The fraction of sp³-hybridized carbons (Fsp3) is 0.174. The Morgan fingerprint density at radius 1 is 1.10 bits per heavy atom. The molecule has 0 bridgehead atoms. The second-order valence-corrected chi connectivity index (χ2v) is 8.13. The van der Waals surface area contributed by atoms with Crippen LogP contribution in [0, 0.1) is 6.92 Å². The average molecular weight is 414 g/mol. The first-order valence-electron chi connectivity index (χ1n) is 9.78. The number of carbonyl (C=O) groups excluding carboxylic acids is 1. The van der Waals surface area contributed by atoms with Gasteiger partial charge in [0.1, 0.15) is 0 Å². The summed E-state index contributed by atoms with van der Waals surface area (Å²) in [5.74, 6) is 0.275. The van der Waals surface area contributed by atoms with Gasteiger partial charge in [0.05, 0.1) is 18.1 Å². The molecule has 1 saturated carbocycles. The highest BCUT2D eigenvalue weighted by atomic mass is 32.1. The Bertz CT molecular complexity index is 1220. The van der Waals surface area contributed by atoms with Crippen LogP contribution in [0.15, 0.2) is 60.4 Å². The van der Waals surface area contributed by atoms with Crippen molar-refractivity contribution in [2.45, 2.75) is 25.7 Å². The van der Waals surface area contributed by atoms with Gasteiger partial charge in [-0.25, -0.2) is 4.37 Å². The Hall–Kier alpha value is -3.45. The van der Waals surface area contributed by atoms with Crippen molar-refractivity contribution in [3.8, 4) is 22.4 Å². The summed E-state index contributed by atoms with van der Waals surface area (Å²) in [6.07, 6.45) is 7.68. The molecule has 1 N–H and O–H groups in total. The van der Waals surface area contributed by atoms with E-state index in [4.69, 9.17) is 0 Å². The summed E-state index contributed by atoms with van der Waals surface area (Å²) in [4.78, 5) is 17.2. The van der Waals surface area contributed by atoms with Gasteiger partial charge in [0.15, 0.2) is 5.69 Å². The molecule has 1 amide bonds. The van der Waals surface area contributed by atoms with Crippen molar-refractivity contribution in [2.75, 3.05) is 5.32 Å². The highest BCUT2D eigenvalue weighted by Gasteiger charge is 2.25. The summed E-state index contributed by atoms with van der Waals surface area (Å²) < 4.78 is 4.16. The van der Waals surface area contributed by atoms with Gasteiger partial charge in [0.25, 0.3) is 5.91 Å². The summed E-state index contributed by atoms with van der Waals surface area (Å²) in [6.45, 7) is 2.05. The number of hydrogen-bond donors (Lipinski definition) is 1. The molecule has 6 nitrogen and oxygen atoms in total. The quantitative estimate of drug-likeness (QED) is 0.492. The average Bonchev–Trinajstić information content (AvgIpc) is 3.49. The van der Waals surface area contributed by atoms with Gasteiger partial charge < -0.3 is 5.32 Å². The van der Waals surface area contributed by atoms with Crippen molar-refractivity contribution in [2.24, 2.45) is 0 Å². The normalized spacial score (nSPS) is 13.2. The molecule has 0 atom stereocenters. The highest BCUT2D eigenvalue weighted by Crippen LogP contribution is 2.39. The first-order chi connectivity index (χ1) is 14.7. The Balaban J connectivity index is 1.42.